The normalized spacial score (nSPS) is 12.0. The third kappa shape index (κ3) is 3.75. The summed E-state index contributed by atoms with van der Waals surface area (Å²) in [6.45, 7) is 0. The van der Waals surface area contributed by atoms with E-state index in [1.54, 1.807) is 11.3 Å². The van der Waals surface area contributed by atoms with Crippen molar-refractivity contribution in [2.75, 3.05) is 0 Å². The number of nitrogens with zero attached hydrogens (tertiary/aromatic N) is 3. The van der Waals surface area contributed by atoms with E-state index in [2.05, 4.69) is 144 Å². The molecule has 0 aliphatic rings. The van der Waals surface area contributed by atoms with E-state index in [0.29, 0.717) is 0 Å². The predicted molar refractivity (Wildman–Crippen MR) is 193 cm³/mol. The van der Waals surface area contributed by atoms with Gasteiger partial charge in [0.1, 0.15) is 0 Å². The van der Waals surface area contributed by atoms with Crippen LogP contribution in [0.1, 0.15) is 0 Å². The first kappa shape index (κ1) is 25.0. The van der Waals surface area contributed by atoms with Crippen molar-refractivity contribution in [3.63, 3.8) is 0 Å². The average molecular weight is 610 g/mol. The van der Waals surface area contributed by atoms with Gasteiger partial charge in [-0.3, -0.25) is 0 Å². The van der Waals surface area contributed by atoms with Gasteiger partial charge in [0.05, 0.1) is 26.9 Å². The van der Waals surface area contributed by atoms with Crippen molar-refractivity contribution in [3.05, 3.63) is 140 Å². The summed E-state index contributed by atoms with van der Waals surface area (Å²) in [4.78, 5) is 10.5. The molecule has 5 heteroatoms. The van der Waals surface area contributed by atoms with E-state index in [4.69, 9.17) is 9.97 Å². The molecule has 0 unspecified atom stereocenters. The highest BCUT2D eigenvalue weighted by atomic mass is 32.1. The van der Waals surface area contributed by atoms with Crippen LogP contribution in [0.2, 0.25) is 0 Å². The largest absolute Gasteiger partial charge is 0.309 e. The van der Waals surface area contributed by atoms with Crippen molar-refractivity contribution in [2.45, 2.75) is 0 Å². The van der Waals surface area contributed by atoms with Crippen LogP contribution >= 0.6 is 22.7 Å². The van der Waals surface area contributed by atoms with Gasteiger partial charge in [-0.25, -0.2) is 9.97 Å². The zero-order valence-electron chi connectivity index (χ0n) is 23.9. The maximum atomic E-state index is 5.24. The number of rotatable bonds is 3. The molecule has 0 saturated carbocycles. The van der Waals surface area contributed by atoms with E-state index in [-0.39, 0.29) is 0 Å². The second-order valence-corrected chi connectivity index (χ2v) is 13.5. The van der Waals surface area contributed by atoms with Crippen LogP contribution in [0.25, 0.3) is 90.6 Å². The van der Waals surface area contributed by atoms with E-state index in [0.717, 1.165) is 38.5 Å². The van der Waals surface area contributed by atoms with Crippen LogP contribution in [-0.2, 0) is 0 Å². The van der Waals surface area contributed by atoms with E-state index < -0.39 is 0 Å². The molecule has 0 atom stereocenters. The number of thiophene rings is 2. The van der Waals surface area contributed by atoms with Gasteiger partial charge in [-0.15, -0.1) is 22.7 Å². The second kappa shape index (κ2) is 9.57. The molecular formula is C40H23N3S2. The van der Waals surface area contributed by atoms with E-state index in [1.807, 2.05) is 11.3 Å². The van der Waals surface area contributed by atoms with Crippen molar-refractivity contribution < 1.29 is 0 Å². The molecule has 10 aromatic rings. The van der Waals surface area contributed by atoms with Gasteiger partial charge < -0.3 is 4.57 Å². The van der Waals surface area contributed by atoms with Crippen molar-refractivity contribution in [2.24, 2.45) is 0 Å². The van der Waals surface area contributed by atoms with Gasteiger partial charge in [-0.05, 0) is 42.5 Å². The Labute approximate surface area is 266 Å². The lowest BCUT2D eigenvalue weighted by molar-refractivity contribution is 1.17. The van der Waals surface area contributed by atoms with Crippen LogP contribution in [-0.4, -0.2) is 14.5 Å². The molecule has 0 aliphatic carbocycles. The lowest BCUT2D eigenvalue weighted by Crippen LogP contribution is -1.97. The Balaban J connectivity index is 1.23. The Bertz CT molecular complexity index is 2770. The Morgan fingerprint density at radius 2 is 1.16 bits per heavy atom. The van der Waals surface area contributed by atoms with Crippen LogP contribution in [0.5, 0.6) is 0 Å². The minimum Gasteiger partial charge on any atom is -0.309 e. The molecule has 0 spiro atoms. The molecule has 0 fully saturated rings. The smallest absolute Gasteiger partial charge is 0.160 e. The molecule has 0 radical (unpaired) electrons. The van der Waals surface area contributed by atoms with Gasteiger partial charge in [-0.1, -0.05) is 97.1 Å². The van der Waals surface area contributed by atoms with Gasteiger partial charge in [0.2, 0.25) is 0 Å². The van der Waals surface area contributed by atoms with Crippen LogP contribution in [0.4, 0.5) is 0 Å². The fourth-order valence-electron chi connectivity index (χ4n) is 6.76. The fourth-order valence-corrected chi connectivity index (χ4v) is 9.04. The van der Waals surface area contributed by atoms with Gasteiger partial charge in [0.25, 0.3) is 0 Å². The molecule has 210 valence electrons. The predicted octanol–water partition coefficient (Wildman–Crippen LogP) is 11.6. The number of hydrogen-bond donors (Lipinski definition) is 0. The summed E-state index contributed by atoms with van der Waals surface area (Å²) in [5.74, 6) is 0.736. The average Bonchev–Trinajstić information content (AvgIpc) is 3.76. The molecule has 0 aliphatic heterocycles. The van der Waals surface area contributed by atoms with Crippen LogP contribution in [0, 0.1) is 0 Å². The number of benzene rings is 6. The number of aromatic nitrogens is 3. The first-order valence-electron chi connectivity index (χ1n) is 15.0. The summed E-state index contributed by atoms with van der Waals surface area (Å²) in [6.07, 6.45) is 0. The highest BCUT2D eigenvalue weighted by Crippen LogP contribution is 2.42. The molecule has 6 aromatic carbocycles. The molecule has 0 saturated heterocycles. The number of hydrogen-bond acceptors (Lipinski definition) is 4. The maximum absolute atomic E-state index is 5.24. The van der Waals surface area contributed by atoms with Gasteiger partial charge in [-0.2, -0.15) is 0 Å². The zero-order chi connectivity index (χ0) is 29.5. The maximum Gasteiger partial charge on any atom is 0.160 e. The SMILES string of the molecule is c1ccc(-c2nc(-c3cccc(-n4c5ccccc5c5cc6c(cc54)sc4ccccc46)c3)nc3c2sc2ccccc23)cc1. The molecule has 4 heterocycles. The fraction of sp³-hybridized carbons (Fsp3) is 0. The minimum absolute atomic E-state index is 0.736. The highest BCUT2D eigenvalue weighted by molar-refractivity contribution is 7.26. The molecule has 4 aromatic heterocycles. The van der Waals surface area contributed by atoms with Crippen LogP contribution in [0.15, 0.2) is 140 Å². The summed E-state index contributed by atoms with van der Waals surface area (Å²) < 4.78 is 7.37. The summed E-state index contributed by atoms with van der Waals surface area (Å²) in [7, 11) is 0. The highest BCUT2D eigenvalue weighted by Gasteiger charge is 2.19. The molecule has 10 rings (SSSR count). The summed E-state index contributed by atoms with van der Waals surface area (Å²) in [5, 5.41) is 6.33. The Hall–Kier alpha value is -5.36. The minimum atomic E-state index is 0.736. The Morgan fingerprint density at radius 1 is 0.444 bits per heavy atom. The number of fused-ring (bicyclic) bond motifs is 9. The molecule has 3 nitrogen and oxygen atoms in total. The van der Waals surface area contributed by atoms with Gasteiger partial charge in [0, 0.05) is 57.8 Å². The van der Waals surface area contributed by atoms with Gasteiger partial charge in [0.15, 0.2) is 5.82 Å². The number of para-hydroxylation sites is 1. The third-order valence-corrected chi connectivity index (χ3v) is 11.1. The van der Waals surface area contributed by atoms with E-state index in [9.17, 15) is 0 Å². The van der Waals surface area contributed by atoms with Crippen molar-refractivity contribution in [3.8, 4) is 28.3 Å². The molecular weight excluding hydrogens is 587 g/mol. The topological polar surface area (TPSA) is 30.7 Å². The zero-order valence-corrected chi connectivity index (χ0v) is 25.6. The molecule has 0 bridgehead atoms. The summed E-state index contributed by atoms with van der Waals surface area (Å²) in [5.41, 5.74) is 7.58. The third-order valence-electron chi connectivity index (χ3n) is 8.80. The molecule has 0 N–H and O–H groups in total. The van der Waals surface area contributed by atoms with Crippen molar-refractivity contribution in [1.82, 2.24) is 14.5 Å². The monoisotopic (exact) mass is 609 g/mol. The lowest BCUT2D eigenvalue weighted by atomic mass is 10.1. The first-order chi connectivity index (χ1) is 22.3. The van der Waals surface area contributed by atoms with Crippen LogP contribution in [0.3, 0.4) is 0 Å². The van der Waals surface area contributed by atoms with Crippen molar-refractivity contribution in [1.29, 1.82) is 0 Å². The Morgan fingerprint density at radius 3 is 2.02 bits per heavy atom. The molecule has 0 amide bonds. The first-order valence-corrected chi connectivity index (χ1v) is 16.6. The lowest BCUT2D eigenvalue weighted by Gasteiger charge is -2.11. The summed E-state index contributed by atoms with van der Waals surface area (Å²) >= 11 is 3.63. The van der Waals surface area contributed by atoms with Gasteiger partial charge >= 0.3 is 0 Å². The summed E-state index contributed by atoms with van der Waals surface area (Å²) in [6, 6.07) is 49.9. The van der Waals surface area contributed by atoms with E-state index in [1.165, 1.54) is 52.1 Å². The van der Waals surface area contributed by atoms with Crippen molar-refractivity contribution >= 4 is 85.0 Å². The molecule has 45 heavy (non-hydrogen) atoms. The van der Waals surface area contributed by atoms with E-state index >= 15 is 0 Å². The Kier molecular flexibility index (Phi) is 5.32. The quantitative estimate of drug-likeness (QED) is 0.199. The standard InChI is InChI=1S/C40H23N3S2/c1-2-11-24(12-3-1)37-39-38(29-17-6-9-20-35(29)45-39)42-40(41-37)25-13-10-14-26(21-25)43-32-18-7-4-15-27(32)30-22-31-28-16-5-8-19-34(28)44-36(31)23-33(30)43/h1-23H. The second-order valence-electron chi connectivity index (χ2n) is 11.4. The van der Waals surface area contributed by atoms with Crippen LogP contribution < -0.4 is 0 Å².